The number of fused-ring (bicyclic) bond motifs is 1. The summed E-state index contributed by atoms with van der Waals surface area (Å²) in [6.07, 6.45) is 11.4. The number of aliphatic hydroxyl groups excluding tert-OH is 1. The van der Waals surface area contributed by atoms with Crippen LogP contribution in [-0.2, 0) is 11.2 Å². The number of rotatable bonds is 7. The van der Waals surface area contributed by atoms with Gasteiger partial charge < -0.3 is 9.84 Å². The van der Waals surface area contributed by atoms with Crippen LogP contribution >= 0.6 is 0 Å². The van der Waals surface area contributed by atoms with Crippen molar-refractivity contribution in [1.29, 1.82) is 0 Å². The third-order valence-corrected chi connectivity index (χ3v) is 5.87. The second-order valence-electron chi connectivity index (χ2n) is 7.75. The highest BCUT2D eigenvalue weighted by Crippen LogP contribution is 2.47. The molecule has 0 amide bonds. The van der Waals surface area contributed by atoms with Crippen LogP contribution in [0.15, 0.2) is 42.5 Å². The van der Waals surface area contributed by atoms with Gasteiger partial charge in [0, 0.05) is 0 Å². The van der Waals surface area contributed by atoms with Crippen LogP contribution < -0.4 is 0 Å². The van der Waals surface area contributed by atoms with Gasteiger partial charge in [-0.25, -0.2) is 0 Å². The Bertz CT molecular complexity index is 524. The van der Waals surface area contributed by atoms with Crippen LogP contribution in [0.25, 0.3) is 0 Å². The van der Waals surface area contributed by atoms with Crippen molar-refractivity contribution in [2.75, 3.05) is 0 Å². The Labute approximate surface area is 146 Å². The fraction of sp³-hybridized carbons (Fsp3) is 0.636. The minimum absolute atomic E-state index is 0.342. The van der Waals surface area contributed by atoms with Crippen molar-refractivity contribution in [1.82, 2.24) is 0 Å². The molecule has 6 atom stereocenters. The van der Waals surface area contributed by atoms with Crippen LogP contribution in [0, 0.1) is 17.8 Å². The molecule has 0 aromatic heterocycles. The zero-order valence-electron chi connectivity index (χ0n) is 15.1. The first kappa shape index (κ1) is 17.7. The summed E-state index contributed by atoms with van der Waals surface area (Å²) in [6.45, 7) is 4.57. The van der Waals surface area contributed by atoms with E-state index >= 15 is 0 Å². The number of benzene rings is 1. The molecule has 2 aliphatic rings. The first-order valence-electron chi connectivity index (χ1n) is 9.73. The van der Waals surface area contributed by atoms with Gasteiger partial charge in [0.05, 0.1) is 18.3 Å². The Morgan fingerprint density at radius 3 is 2.79 bits per heavy atom. The SMILES string of the molecule is CCCC1C[C@@H]2[C@@H](/C=C/[C@@H](O)CCc3ccccc3)[C@H](C)C[C@@H]2O1. The van der Waals surface area contributed by atoms with Gasteiger partial charge in [-0.05, 0) is 55.4 Å². The van der Waals surface area contributed by atoms with E-state index in [0.717, 1.165) is 12.8 Å². The summed E-state index contributed by atoms with van der Waals surface area (Å²) in [7, 11) is 0. The Kier molecular flexibility index (Phi) is 6.13. The summed E-state index contributed by atoms with van der Waals surface area (Å²) < 4.78 is 6.24. The topological polar surface area (TPSA) is 29.5 Å². The summed E-state index contributed by atoms with van der Waals surface area (Å²) in [6, 6.07) is 10.4. The summed E-state index contributed by atoms with van der Waals surface area (Å²) >= 11 is 0. The zero-order chi connectivity index (χ0) is 16.9. The minimum atomic E-state index is -0.342. The van der Waals surface area contributed by atoms with Crippen molar-refractivity contribution in [3.63, 3.8) is 0 Å². The van der Waals surface area contributed by atoms with Crippen molar-refractivity contribution < 1.29 is 9.84 Å². The highest BCUT2D eigenvalue weighted by atomic mass is 16.5. The van der Waals surface area contributed by atoms with E-state index in [9.17, 15) is 5.11 Å². The first-order chi connectivity index (χ1) is 11.7. The summed E-state index contributed by atoms with van der Waals surface area (Å²) in [5.74, 6) is 1.90. The normalized spacial score (nSPS) is 33.9. The average molecular weight is 328 g/mol. The molecule has 2 nitrogen and oxygen atoms in total. The van der Waals surface area contributed by atoms with Crippen LogP contribution in [0.4, 0.5) is 0 Å². The van der Waals surface area contributed by atoms with E-state index in [-0.39, 0.29) is 6.10 Å². The van der Waals surface area contributed by atoms with Gasteiger partial charge in [0.1, 0.15) is 0 Å². The predicted molar refractivity (Wildman–Crippen MR) is 98.9 cm³/mol. The van der Waals surface area contributed by atoms with E-state index in [0.29, 0.717) is 30.0 Å². The molecule has 2 heteroatoms. The van der Waals surface area contributed by atoms with Crippen LogP contribution in [0.3, 0.4) is 0 Å². The summed E-state index contributed by atoms with van der Waals surface area (Å²) in [5, 5.41) is 10.3. The van der Waals surface area contributed by atoms with Crippen LogP contribution in [0.1, 0.15) is 51.5 Å². The molecule has 132 valence electrons. The second-order valence-corrected chi connectivity index (χ2v) is 7.75. The van der Waals surface area contributed by atoms with Gasteiger partial charge in [0.15, 0.2) is 0 Å². The number of hydrogen-bond donors (Lipinski definition) is 1. The second kappa shape index (κ2) is 8.31. The van der Waals surface area contributed by atoms with Gasteiger partial charge in [-0.3, -0.25) is 0 Å². The molecule has 1 aliphatic heterocycles. The molecule has 0 spiro atoms. The lowest BCUT2D eigenvalue weighted by Crippen LogP contribution is -2.15. The van der Waals surface area contributed by atoms with E-state index in [4.69, 9.17) is 4.74 Å². The van der Waals surface area contributed by atoms with Gasteiger partial charge in [0.2, 0.25) is 0 Å². The van der Waals surface area contributed by atoms with Crippen molar-refractivity contribution in [2.24, 2.45) is 17.8 Å². The molecule has 1 aliphatic carbocycles. The predicted octanol–water partition coefficient (Wildman–Crippen LogP) is 4.77. The molecule has 1 aromatic carbocycles. The molecule has 0 bridgehead atoms. The van der Waals surface area contributed by atoms with E-state index in [1.807, 2.05) is 12.1 Å². The lowest BCUT2D eigenvalue weighted by Gasteiger charge is -2.18. The molecule has 1 saturated carbocycles. The first-order valence-corrected chi connectivity index (χ1v) is 9.73. The highest BCUT2D eigenvalue weighted by molar-refractivity contribution is 5.15. The Morgan fingerprint density at radius 1 is 1.25 bits per heavy atom. The number of aliphatic hydroxyl groups is 1. The summed E-state index contributed by atoms with van der Waals surface area (Å²) in [5.41, 5.74) is 1.30. The van der Waals surface area contributed by atoms with E-state index in [1.165, 1.54) is 31.2 Å². The third kappa shape index (κ3) is 4.29. The lowest BCUT2D eigenvalue weighted by atomic mass is 9.86. The van der Waals surface area contributed by atoms with Gasteiger partial charge in [-0.1, -0.05) is 62.8 Å². The lowest BCUT2D eigenvalue weighted by molar-refractivity contribution is 0.0335. The van der Waals surface area contributed by atoms with Gasteiger partial charge in [-0.2, -0.15) is 0 Å². The molecule has 1 heterocycles. The van der Waals surface area contributed by atoms with Crippen molar-refractivity contribution in [3.8, 4) is 0 Å². The van der Waals surface area contributed by atoms with Crippen molar-refractivity contribution >= 4 is 0 Å². The van der Waals surface area contributed by atoms with Crippen molar-refractivity contribution in [2.45, 2.75) is 70.7 Å². The van der Waals surface area contributed by atoms with Gasteiger partial charge >= 0.3 is 0 Å². The fourth-order valence-corrected chi connectivity index (χ4v) is 4.59. The molecular weight excluding hydrogens is 296 g/mol. The molecule has 2 fully saturated rings. The Balaban J connectivity index is 1.51. The number of allylic oxidation sites excluding steroid dienone is 1. The Hall–Kier alpha value is -1.12. The molecular formula is C22H32O2. The largest absolute Gasteiger partial charge is 0.389 e. The molecule has 1 saturated heterocycles. The van der Waals surface area contributed by atoms with Crippen LogP contribution in [0.2, 0.25) is 0 Å². The van der Waals surface area contributed by atoms with E-state index in [1.54, 1.807) is 0 Å². The monoisotopic (exact) mass is 328 g/mol. The number of ether oxygens (including phenoxy) is 1. The fourth-order valence-electron chi connectivity index (χ4n) is 4.59. The quantitative estimate of drug-likeness (QED) is 0.731. The Morgan fingerprint density at radius 2 is 2.04 bits per heavy atom. The number of aryl methyl sites for hydroxylation is 1. The molecule has 1 aromatic rings. The van der Waals surface area contributed by atoms with Crippen molar-refractivity contribution in [3.05, 3.63) is 48.0 Å². The average Bonchev–Trinajstić information content (AvgIpc) is 3.09. The molecule has 0 radical (unpaired) electrons. The molecule has 3 rings (SSSR count). The molecule has 24 heavy (non-hydrogen) atoms. The minimum Gasteiger partial charge on any atom is -0.389 e. The van der Waals surface area contributed by atoms with Gasteiger partial charge in [-0.15, -0.1) is 0 Å². The maximum Gasteiger partial charge on any atom is 0.0724 e. The smallest absolute Gasteiger partial charge is 0.0724 e. The van der Waals surface area contributed by atoms with E-state index < -0.39 is 0 Å². The molecule has 1 N–H and O–H groups in total. The third-order valence-electron chi connectivity index (χ3n) is 5.87. The van der Waals surface area contributed by atoms with Gasteiger partial charge in [0.25, 0.3) is 0 Å². The highest BCUT2D eigenvalue weighted by Gasteiger charge is 2.46. The van der Waals surface area contributed by atoms with E-state index in [2.05, 4.69) is 44.2 Å². The molecule has 1 unspecified atom stereocenters. The van der Waals surface area contributed by atoms with Crippen LogP contribution in [0.5, 0.6) is 0 Å². The van der Waals surface area contributed by atoms with Crippen LogP contribution in [-0.4, -0.2) is 23.4 Å². The standard InChI is InChI=1S/C22H32O2/c1-3-7-19-15-21-20(16(2)14-22(21)24-19)13-12-18(23)11-10-17-8-5-4-6-9-17/h4-6,8-9,12-13,16,18-23H,3,7,10-11,14-15H2,1-2H3/b13-12+/t16-,18+,19?,20+,21-,22+/m1/s1. The number of hydrogen-bond acceptors (Lipinski definition) is 2. The zero-order valence-corrected chi connectivity index (χ0v) is 15.1. The summed E-state index contributed by atoms with van der Waals surface area (Å²) in [4.78, 5) is 0. The maximum atomic E-state index is 10.3. The maximum absolute atomic E-state index is 10.3.